The van der Waals surface area contributed by atoms with Gasteiger partial charge < -0.3 is 19.7 Å². The van der Waals surface area contributed by atoms with E-state index in [9.17, 15) is 9.59 Å². The Kier molecular flexibility index (Phi) is 4.90. The lowest BCUT2D eigenvalue weighted by Crippen LogP contribution is -2.26. The van der Waals surface area contributed by atoms with Gasteiger partial charge in [0, 0.05) is 25.1 Å². The fourth-order valence-electron chi connectivity index (χ4n) is 3.25. The van der Waals surface area contributed by atoms with Crippen LogP contribution in [0.4, 0.5) is 5.69 Å². The van der Waals surface area contributed by atoms with Crippen molar-refractivity contribution in [1.82, 2.24) is 5.32 Å². The van der Waals surface area contributed by atoms with Gasteiger partial charge in [-0.25, -0.2) is 0 Å². The summed E-state index contributed by atoms with van der Waals surface area (Å²) < 4.78 is 11.1. The molecule has 140 valence electrons. The number of nitrogens with one attached hydrogen (secondary N) is 1. The summed E-state index contributed by atoms with van der Waals surface area (Å²) in [6.07, 6.45) is 1.31. The molecule has 1 saturated heterocycles. The normalized spacial score (nSPS) is 15.7. The summed E-state index contributed by atoms with van der Waals surface area (Å²) in [5.74, 6) is 1.21. The van der Waals surface area contributed by atoms with Crippen molar-refractivity contribution in [2.45, 2.75) is 19.4 Å². The third kappa shape index (κ3) is 3.71. The van der Waals surface area contributed by atoms with Crippen LogP contribution in [0.15, 0.2) is 36.4 Å². The van der Waals surface area contributed by atoms with Crippen LogP contribution in [0.5, 0.6) is 11.5 Å². The number of carbonyl (C=O) groups is 2. The van der Waals surface area contributed by atoms with E-state index in [1.165, 1.54) is 0 Å². The van der Waals surface area contributed by atoms with Gasteiger partial charge in [-0.05, 0) is 42.3 Å². The molecule has 2 aromatic rings. The van der Waals surface area contributed by atoms with Crippen molar-refractivity contribution in [3.05, 3.63) is 52.5 Å². The number of fused-ring (bicyclic) bond motifs is 1. The third-order valence-corrected chi connectivity index (χ3v) is 4.95. The summed E-state index contributed by atoms with van der Waals surface area (Å²) in [5, 5.41) is 3.36. The van der Waals surface area contributed by atoms with E-state index < -0.39 is 0 Å². The Balaban J connectivity index is 1.46. The summed E-state index contributed by atoms with van der Waals surface area (Å²) in [5.41, 5.74) is 1.97. The van der Waals surface area contributed by atoms with Crippen molar-refractivity contribution in [2.75, 3.05) is 24.7 Å². The highest BCUT2D eigenvalue weighted by atomic mass is 35.5. The van der Waals surface area contributed by atoms with Crippen LogP contribution in [-0.2, 0) is 11.3 Å². The second-order valence-electron chi connectivity index (χ2n) is 6.48. The van der Waals surface area contributed by atoms with Crippen LogP contribution in [0.3, 0.4) is 0 Å². The monoisotopic (exact) mass is 386 g/mol. The van der Waals surface area contributed by atoms with Gasteiger partial charge in [-0.3, -0.25) is 9.59 Å². The minimum Gasteiger partial charge on any atom is -0.486 e. The largest absolute Gasteiger partial charge is 0.486 e. The molecule has 2 aliphatic rings. The van der Waals surface area contributed by atoms with Gasteiger partial charge in [0.25, 0.3) is 5.91 Å². The number of carbonyl (C=O) groups excluding carboxylic acids is 2. The highest BCUT2D eigenvalue weighted by Crippen LogP contribution is 2.31. The van der Waals surface area contributed by atoms with Gasteiger partial charge in [-0.15, -0.1) is 0 Å². The fourth-order valence-corrected chi connectivity index (χ4v) is 3.47. The van der Waals surface area contributed by atoms with E-state index >= 15 is 0 Å². The third-order valence-electron chi connectivity index (χ3n) is 4.63. The molecule has 6 nitrogen and oxygen atoms in total. The number of benzene rings is 2. The zero-order chi connectivity index (χ0) is 18.8. The molecule has 2 aromatic carbocycles. The number of hydrogen-bond acceptors (Lipinski definition) is 4. The van der Waals surface area contributed by atoms with Crippen molar-refractivity contribution >= 4 is 29.1 Å². The number of anilines is 1. The lowest BCUT2D eigenvalue weighted by molar-refractivity contribution is -0.117. The van der Waals surface area contributed by atoms with Crippen molar-refractivity contribution in [2.24, 2.45) is 0 Å². The highest BCUT2D eigenvalue weighted by Gasteiger charge is 2.24. The maximum absolute atomic E-state index is 12.6. The van der Waals surface area contributed by atoms with Crippen molar-refractivity contribution in [3.8, 4) is 11.5 Å². The van der Waals surface area contributed by atoms with Gasteiger partial charge >= 0.3 is 0 Å². The molecule has 2 amide bonds. The number of ether oxygens (including phenoxy) is 2. The topological polar surface area (TPSA) is 67.9 Å². The SMILES string of the molecule is O=C(NCc1ccc2c(c1)OCCO2)c1ccc(Cl)c(N2CCCC2=O)c1. The second-order valence-corrected chi connectivity index (χ2v) is 6.88. The molecule has 2 heterocycles. The number of halogens is 1. The standard InChI is InChI=1S/C20H19ClN2O4/c21-15-5-4-14(11-16(15)23-7-1-2-19(23)24)20(25)22-12-13-3-6-17-18(10-13)27-9-8-26-17/h3-6,10-11H,1-2,7-9,12H2,(H,22,25). The molecule has 0 aliphatic carbocycles. The molecule has 0 unspecified atom stereocenters. The summed E-state index contributed by atoms with van der Waals surface area (Å²) in [6.45, 7) is 2.05. The molecule has 1 fully saturated rings. The van der Waals surface area contributed by atoms with Gasteiger partial charge in [0.05, 0.1) is 10.7 Å². The first-order valence-electron chi connectivity index (χ1n) is 8.88. The molecule has 1 N–H and O–H groups in total. The van der Waals surface area contributed by atoms with Crippen LogP contribution < -0.4 is 19.7 Å². The van der Waals surface area contributed by atoms with Crippen LogP contribution in [0, 0.1) is 0 Å². The molecule has 7 heteroatoms. The fraction of sp³-hybridized carbons (Fsp3) is 0.300. The lowest BCUT2D eigenvalue weighted by Gasteiger charge is -2.19. The van der Waals surface area contributed by atoms with Gasteiger partial charge in [-0.1, -0.05) is 17.7 Å². The molecular weight excluding hydrogens is 368 g/mol. The van der Waals surface area contributed by atoms with Crippen LogP contribution in [-0.4, -0.2) is 31.6 Å². The van der Waals surface area contributed by atoms with E-state index in [4.69, 9.17) is 21.1 Å². The predicted molar refractivity (Wildman–Crippen MR) is 102 cm³/mol. The molecule has 27 heavy (non-hydrogen) atoms. The second kappa shape index (κ2) is 7.48. The zero-order valence-corrected chi connectivity index (χ0v) is 15.4. The Hall–Kier alpha value is -2.73. The number of hydrogen-bond donors (Lipinski definition) is 1. The minimum atomic E-state index is -0.227. The van der Waals surface area contributed by atoms with E-state index in [1.807, 2.05) is 18.2 Å². The van der Waals surface area contributed by atoms with Gasteiger partial charge in [0.15, 0.2) is 11.5 Å². The maximum Gasteiger partial charge on any atom is 0.251 e. The van der Waals surface area contributed by atoms with Crippen LogP contribution >= 0.6 is 11.6 Å². The molecule has 0 bridgehead atoms. The summed E-state index contributed by atoms with van der Waals surface area (Å²) >= 11 is 6.24. The molecule has 0 radical (unpaired) electrons. The summed E-state index contributed by atoms with van der Waals surface area (Å²) in [6, 6.07) is 10.6. The maximum atomic E-state index is 12.6. The highest BCUT2D eigenvalue weighted by molar-refractivity contribution is 6.34. The zero-order valence-electron chi connectivity index (χ0n) is 14.7. The van der Waals surface area contributed by atoms with E-state index in [0.29, 0.717) is 60.5 Å². The Bertz CT molecular complexity index is 900. The lowest BCUT2D eigenvalue weighted by atomic mass is 10.1. The van der Waals surface area contributed by atoms with E-state index in [-0.39, 0.29) is 11.8 Å². The van der Waals surface area contributed by atoms with Crippen LogP contribution in [0.2, 0.25) is 5.02 Å². The number of nitrogens with zero attached hydrogens (tertiary/aromatic N) is 1. The van der Waals surface area contributed by atoms with Crippen molar-refractivity contribution in [3.63, 3.8) is 0 Å². The van der Waals surface area contributed by atoms with Crippen LogP contribution in [0.1, 0.15) is 28.8 Å². The first-order valence-corrected chi connectivity index (χ1v) is 9.26. The molecule has 0 saturated carbocycles. The number of rotatable bonds is 4. The number of amides is 2. The Morgan fingerprint density at radius 2 is 1.93 bits per heavy atom. The molecule has 2 aliphatic heterocycles. The van der Waals surface area contributed by atoms with Gasteiger partial charge in [-0.2, -0.15) is 0 Å². The van der Waals surface area contributed by atoms with Crippen molar-refractivity contribution < 1.29 is 19.1 Å². The smallest absolute Gasteiger partial charge is 0.251 e. The molecule has 0 spiro atoms. The summed E-state index contributed by atoms with van der Waals surface area (Å²) in [4.78, 5) is 26.2. The average molecular weight is 387 g/mol. The average Bonchev–Trinajstić information content (AvgIpc) is 3.12. The van der Waals surface area contributed by atoms with Crippen LogP contribution in [0.25, 0.3) is 0 Å². The molecular formula is C20H19ClN2O4. The Morgan fingerprint density at radius 1 is 1.11 bits per heavy atom. The molecule has 4 rings (SSSR count). The van der Waals surface area contributed by atoms with E-state index in [2.05, 4.69) is 5.32 Å². The van der Waals surface area contributed by atoms with Gasteiger partial charge in [0.1, 0.15) is 13.2 Å². The molecule has 0 aromatic heterocycles. The van der Waals surface area contributed by atoms with E-state index in [0.717, 1.165) is 12.0 Å². The Labute approximate surface area is 162 Å². The van der Waals surface area contributed by atoms with Crippen molar-refractivity contribution in [1.29, 1.82) is 0 Å². The Morgan fingerprint density at radius 3 is 2.70 bits per heavy atom. The first-order chi connectivity index (χ1) is 13.1. The summed E-state index contributed by atoms with van der Waals surface area (Å²) in [7, 11) is 0. The van der Waals surface area contributed by atoms with E-state index in [1.54, 1.807) is 23.1 Å². The molecule has 0 atom stereocenters. The quantitative estimate of drug-likeness (QED) is 0.876. The van der Waals surface area contributed by atoms with Gasteiger partial charge in [0.2, 0.25) is 5.91 Å². The minimum absolute atomic E-state index is 0.0331. The predicted octanol–water partition coefficient (Wildman–Crippen LogP) is 3.17. The first kappa shape index (κ1) is 17.7.